The molecular formula is C18H20N4O5. The zero-order valence-corrected chi connectivity index (χ0v) is 15.0. The maximum absolute atomic E-state index is 12.7. The lowest BCUT2D eigenvalue weighted by Crippen LogP contribution is -2.45. The number of fused-ring (bicyclic) bond motifs is 1. The predicted molar refractivity (Wildman–Crippen MR) is 94.1 cm³/mol. The molecule has 3 rings (SSSR count). The molecule has 0 fully saturated rings. The molecule has 142 valence electrons. The van der Waals surface area contributed by atoms with E-state index < -0.39 is 23.8 Å². The molecule has 1 aromatic carbocycles. The van der Waals surface area contributed by atoms with Crippen LogP contribution in [-0.4, -0.2) is 52.7 Å². The number of carbonyl (C=O) groups is 3. The van der Waals surface area contributed by atoms with E-state index >= 15 is 0 Å². The van der Waals surface area contributed by atoms with Crippen LogP contribution in [0.15, 0.2) is 30.3 Å². The highest BCUT2D eigenvalue weighted by Crippen LogP contribution is 2.32. The molecule has 1 aliphatic rings. The summed E-state index contributed by atoms with van der Waals surface area (Å²) in [6, 6.07) is 8.36. The number of nitrogens with two attached hydrogens (primary N) is 1. The number of primary amides is 1. The van der Waals surface area contributed by atoms with Gasteiger partial charge in [0, 0.05) is 7.05 Å². The van der Waals surface area contributed by atoms with Gasteiger partial charge in [0.25, 0.3) is 5.91 Å². The number of amides is 2. The van der Waals surface area contributed by atoms with Crippen LogP contribution in [0.1, 0.15) is 39.5 Å². The van der Waals surface area contributed by atoms with Crippen molar-refractivity contribution in [1.29, 1.82) is 0 Å². The monoisotopic (exact) mass is 372 g/mol. The van der Waals surface area contributed by atoms with E-state index in [9.17, 15) is 14.4 Å². The average molecular weight is 372 g/mol. The zero-order valence-electron chi connectivity index (χ0n) is 15.0. The van der Waals surface area contributed by atoms with Gasteiger partial charge in [-0.25, -0.2) is 9.48 Å². The van der Waals surface area contributed by atoms with E-state index in [1.165, 1.54) is 4.90 Å². The molecular weight excluding hydrogens is 352 g/mol. The fraction of sp³-hybridized carbons (Fsp3) is 0.333. The smallest absolute Gasteiger partial charge is 0.362 e. The van der Waals surface area contributed by atoms with Gasteiger partial charge in [-0.15, -0.1) is 0 Å². The predicted octanol–water partition coefficient (Wildman–Crippen LogP) is 0.751. The molecule has 1 aromatic heterocycles. The molecule has 27 heavy (non-hydrogen) atoms. The third-order valence-corrected chi connectivity index (χ3v) is 4.18. The van der Waals surface area contributed by atoms with Crippen LogP contribution in [0.3, 0.4) is 0 Å². The third kappa shape index (κ3) is 3.48. The van der Waals surface area contributed by atoms with Gasteiger partial charge in [-0.1, -0.05) is 30.3 Å². The van der Waals surface area contributed by atoms with Crippen LogP contribution in [0.4, 0.5) is 0 Å². The molecule has 1 unspecified atom stereocenters. The van der Waals surface area contributed by atoms with Gasteiger partial charge in [-0.05, 0) is 12.5 Å². The summed E-state index contributed by atoms with van der Waals surface area (Å²) in [5.41, 5.74) is 6.15. The van der Waals surface area contributed by atoms with E-state index in [0.29, 0.717) is 0 Å². The number of aromatic nitrogens is 2. The summed E-state index contributed by atoms with van der Waals surface area (Å²) in [6.07, 6.45) is 0. The molecule has 9 heteroatoms. The normalized spacial score (nSPS) is 16.0. The van der Waals surface area contributed by atoms with Crippen molar-refractivity contribution in [1.82, 2.24) is 14.7 Å². The lowest BCUT2D eigenvalue weighted by Gasteiger charge is -2.29. The summed E-state index contributed by atoms with van der Waals surface area (Å²) >= 11 is 0. The largest absolute Gasteiger partial charge is 0.484 e. The van der Waals surface area contributed by atoms with Crippen molar-refractivity contribution in [2.45, 2.75) is 19.6 Å². The van der Waals surface area contributed by atoms with Gasteiger partial charge in [-0.2, -0.15) is 5.10 Å². The van der Waals surface area contributed by atoms with E-state index in [0.717, 1.165) is 10.2 Å². The average Bonchev–Trinajstić information content (AvgIpc) is 3.03. The van der Waals surface area contributed by atoms with Gasteiger partial charge in [0.05, 0.1) is 13.2 Å². The molecule has 2 heterocycles. The van der Waals surface area contributed by atoms with Crippen molar-refractivity contribution in [2.24, 2.45) is 5.73 Å². The highest BCUT2D eigenvalue weighted by molar-refractivity contribution is 6.02. The van der Waals surface area contributed by atoms with Crippen LogP contribution in [0.5, 0.6) is 5.75 Å². The first-order chi connectivity index (χ1) is 12.9. The van der Waals surface area contributed by atoms with Gasteiger partial charge in [0.2, 0.25) is 11.6 Å². The second kappa shape index (κ2) is 7.48. The second-order valence-corrected chi connectivity index (χ2v) is 6.07. The van der Waals surface area contributed by atoms with Crippen LogP contribution in [-0.2, 0) is 16.1 Å². The third-order valence-electron chi connectivity index (χ3n) is 4.18. The molecule has 0 saturated carbocycles. The molecule has 0 aliphatic carbocycles. The van der Waals surface area contributed by atoms with Gasteiger partial charge in [0.15, 0.2) is 11.4 Å². The van der Waals surface area contributed by atoms with Gasteiger partial charge in [-0.3, -0.25) is 9.59 Å². The quantitative estimate of drug-likeness (QED) is 0.748. The van der Waals surface area contributed by atoms with Crippen LogP contribution in [0.25, 0.3) is 0 Å². The SMILES string of the molecule is CCOC(=O)c1nn2c(c1OCc1ccccc1)C(=O)N(C)CC2C(N)=O. The first-order valence-electron chi connectivity index (χ1n) is 8.45. The number of carbonyl (C=O) groups excluding carboxylic acids is 3. The lowest BCUT2D eigenvalue weighted by molar-refractivity contribution is -0.122. The molecule has 0 bridgehead atoms. The van der Waals surface area contributed by atoms with Crippen LogP contribution >= 0.6 is 0 Å². The van der Waals surface area contributed by atoms with Crippen molar-refractivity contribution >= 4 is 17.8 Å². The molecule has 1 aliphatic heterocycles. The van der Waals surface area contributed by atoms with E-state index in [1.54, 1.807) is 14.0 Å². The molecule has 2 N–H and O–H groups in total. The van der Waals surface area contributed by atoms with Gasteiger partial charge < -0.3 is 20.1 Å². The first kappa shape index (κ1) is 18.4. The number of ether oxygens (including phenoxy) is 2. The Labute approximate surface area is 155 Å². The minimum absolute atomic E-state index is 0.00605. The van der Waals surface area contributed by atoms with Crippen molar-refractivity contribution in [3.8, 4) is 5.75 Å². The maximum atomic E-state index is 12.7. The fourth-order valence-corrected chi connectivity index (χ4v) is 2.85. The lowest BCUT2D eigenvalue weighted by atomic mass is 10.1. The Hall–Kier alpha value is -3.36. The summed E-state index contributed by atoms with van der Waals surface area (Å²) in [4.78, 5) is 38.2. The van der Waals surface area contributed by atoms with Crippen LogP contribution < -0.4 is 10.5 Å². The minimum Gasteiger partial charge on any atom is -0.484 e. The van der Waals surface area contributed by atoms with E-state index in [2.05, 4.69) is 5.10 Å². The summed E-state index contributed by atoms with van der Waals surface area (Å²) in [5.74, 6) is -1.83. The Morgan fingerprint density at radius 2 is 2.00 bits per heavy atom. The molecule has 2 aromatic rings. The van der Waals surface area contributed by atoms with E-state index in [-0.39, 0.29) is 36.9 Å². The number of nitrogens with zero attached hydrogens (tertiary/aromatic N) is 3. The Morgan fingerprint density at radius 3 is 2.63 bits per heavy atom. The van der Waals surface area contributed by atoms with Crippen molar-refractivity contribution < 1.29 is 23.9 Å². The number of hydrogen-bond acceptors (Lipinski definition) is 6. The topological polar surface area (TPSA) is 117 Å². The van der Waals surface area contributed by atoms with Crippen LogP contribution in [0, 0.1) is 0 Å². The Bertz CT molecular complexity index is 877. The minimum atomic E-state index is -0.898. The zero-order chi connectivity index (χ0) is 19.6. The highest BCUT2D eigenvalue weighted by atomic mass is 16.5. The molecule has 1 atom stereocenters. The number of likely N-dealkylation sites (N-methyl/N-ethyl adjacent to an activating group) is 1. The first-order valence-corrected chi connectivity index (χ1v) is 8.45. The van der Waals surface area contributed by atoms with Gasteiger partial charge in [0.1, 0.15) is 12.6 Å². The number of benzene rings is 1. The van der Waals surface area contributed by atoms with Crippen molar-refractivity contribution in [2.75, 3.05) is 20.2 Å². The molecule has 0 spiro atoms. The molecule has 0 saturated heterocycles. The molecule has 0 radical (unpaired) electrons. The summed E-state index contributed by atoms with van der Waals surface area (Å²) in [5, 5.41) is 4.14. The summed E-state index contributed by atoms with van der Waals surface area (Å²) in [6.45, 7) is 1.96. The van der Waals surface area contributed by atoms with Gasteiger partial charge >= 0.3 is 5.97 Å². The molecule has 9 nitrogen and oxygen atoms in total. The highest BCUT2D eigenvalue weighted by Gasteiger charge is 2.40. The summed E-state index contributed by atoms with van der Waals surface area (Å²) < 4.78 is 12.0. The standard InChI is InChI=1S/C18H20N4O5/c1-3-26-18(25)13-15(27-10-11-7-5-4-6-8-11)14-17(24)21(2)9-12(16(19)23)22(14)20-13/h4-8,12H,3,9-10H2,1-2H3,(H2,19,23). The van der Waals surface area contributed by atoms with E-state index in [1.807, 2.05) is 30.3 Å². The van der Waals surface area contributed by atoms with Crippen molar-refractivity contribution in [3.05, 3.63) is 47.3 Å². The fourth-order valence-electron chi connectivity index (χ4n) is 2.85. The Morgan fingerprint density at radius 1 is 1.30 bits per heavy atom. The number of rotatable bonds is 6. The second-order valence-electron chi connectivity index (χ2n) is 6.07. The number of esters is 1. The Kier molecular flexibility index (Phi) is 5.11. The van der Waals surface area contributed by atoms with E-state index in [4.69, 9.17) is 15.2 Å². The summed E-state index contributed by atoms with van der Waals surface area (Å²) in [7, 11) is 1.54. The van der Waals surface area contributed by atoms with Crippen molar-refractivity contribution in [3.63, 3.8) is 0 Å². The van der Waals surface area contributed by atoms with Crippen LogP contribution in [0.2, 0.25) is 0 Å². The molecule has 2 amide bonds. The maximum Gasteiger partial charge on any atom is 0.362 e. The number of hydrogen-bond donors (Lipinski definition) is 1. The Balaban J connectivity index is 2.07.